The van der Waals surface area contributed by atoms with E-state index in [4.69, 9.17) is 0 Å². The number of quaternary nitrogens is 1. The predicted molar refractivity (Wildman–Crippen MR) is 62.4 cm³/mol. The lowest BCUT2D eigenvalue weighted by Crippen LogP contribution is -2.48. The van der Waals surface area contributed by atoms with Gasteiger partial charge in [0.15, 0.2) is 0 Å². The third kappa shape index (κ3) is 1.78. The Kier molecular flexibility index (Phi) is 2.79. The molecule has 0 amide bonds. The van der Waals surface area contributed by atoms with Gasteiger partial charge in [-0.3, -0.25) is 4.98 Å². The van der Waals surface area contributed by atoms with Gasteiger partial charge in [0.1, 0.15) is 6.04 Å². The van der Waals surface area contributed by atoms with Gasteiger partial charge >= 0.3 is 0 Å². The van der Waals surface area contributed by atoms with Crippen molar-refractivity contribution in [1.29, 1.82) is 0 Å². The van der Waals surface area contributed by atoms with E-state index in [0.717, 1.165) is 0 Å². The van der Waals surface area contributed by atoms with E-state index < -0.39 is 0 Å². The molecule has 82 valence electrons. The van der Waals surface area contributed by atoms with E-state index in [0.29, 0.717) is 12.1 Å². The Hall–Kier alpha value is -0.890. The number of aromatic nitrogens is 1. The van der Waals surface area contributed by atoms with E-state index in [-0.39, 0.29) is 0 Å². The summed E-state index contributed by atoms with van der Waals surface area (Å²) in [6.07, 6.45) is 6.54. The summed E-state index contributed by atoms with van der Waals surface area (Å²) < 4.78 is 1.17. The molecular weight excluding hydrogens is 184 g/mol. The molecule has 0 aliphatic carbocycles. The number of pyridine rings is 1. The minimum Gasteiger partial charge on any atom is -0.318 e. The Morgan fingerprint density at radius 3 is 2.87 bits per heavy atom. The van der Waals surface area contributed by atoms with Crippen molar-refractivity contribution in [2.75, 3.05) is 13.6 Å². The number of likely N-dealkylation sites (tertiary alicyclic amines) is 1. The molecule has 1 unspecified atom stereocenters. The van der Waals surface area contributed by atoms with Crippen LogP contribution in [0.1, 0.15) is 38.3 Å². The standard InChI is InChI=1S/C13H21N2/c1-11(2)15(3)9-5-7-13(15)12-6-4-8-14-10-12/h4,6,8,10-11,13H,5,7,9H2,1-3H3/q+1/t13-,15?/m0/s1. The highest BCUT2D eigenvalue weighted by Crippen LogP contribution is 2.39. The minimum atomic E-state index is 0.652. The normalized spacial score (nSPS) is 31.1. The molecular formula is C13H21N2+. The van der Waals surface area contributed by atoms with Crippen LogP contribution in [0.25, 0.3) is 0 Å². The van der Waals surface area contributed by atoms with E-state index >= 15 is 0 Å². The zero-order valence-corrected chi connectivity index (χ0v) is 9.98. The van der Waals surface area contributed by atoms with Gasteiger partial charge in [-0.2, -0.15) is 0 Å². The topological polar surface area (TPSA) is 12.9 Å². The first-order valence-electron chi connectivity index (χ1n) is 5.89. The molecule has 2 atom stereocenters. The Morgan fingerprint density at radius 2 is 2.27 bits per heavy atom. The smallest absolute Gasteiger partial charge is 0.116 e. The zero-order valence-electron chi connectivity index (χ0n) is 9.98. The molecule has 1 saturated heterocycles. The molecule has 2 heterocycles. The van der Waals surface area contributed by atoms with E-state index in [1.807, 2.05) is 12.4 Å². The summed E-state index contributed by atoms with van der Waals surface area (Å²) in [4.78, 5) is 4.24. The van der Waals surface area contributed by atoms with Gasteiger partial charge in [0.05, 0.1) is 19.6 Å². The fraction of sp³-hybridized carbons (Fsp3) is 0.615. The van der Waals surface area contributed by atoms with Gasteiger partial charge in [-0.1, -0.05) is 6.07 Å². The monoisotopic (exact) mass is 205 g/mol. The molecule has 2 rings (SSSR count). The Bertz CT molecular complexity index is 321. The van der Waals surface area contributed by atoms with Crippen molar-refractivity contribution in [2.24, 2.45) is 0 Å². The fourth-order valence-electron chi connectivity index (χ4n) is 2.77. The molecule has 1 aliphatic rings. The van der Waals surface area contributed by atoms with Crippen LogP contribution >= 0.6 is 0 Å². The van der Waals surface area contributed by atoms with Crippen LogP contribution in [0.5, 0.6) is 0 Å². The molecule has 0 N–H and O–H groups in total. The second-order valence-electron chi connectivity index (χ2n) is 5.11. The van der Waals surface area contributed by atoms with E-state index in [2.05, 4.69) is 38.0 Å². The Labute approximate surface area is 92.5 Å². The first kappa shape index (κ1) is 10.6. The molecule has 0 spiro atoms. The average molecular weight is 205 g/mol. The van der Waals surface area contributed by atoms with Crippen molar-refractivity contribution in [1.82, 2.24) is 4.98 Å². The van der Waals surface area contributed by atoms with Crippen LogP contribution in [-0.4, -0.2) is 29.1 Å². The van der Waals surface area contributed by atoms with Gasteiger partial charge in [-0.15, -0.1) is 0 Å². The van der Waals surface area contributed by atoms with Crippen LogP contribution < -0.4 is 0 Å². The van der Waals surface area contributed by atoms with Crippen molar-refractivity contribution in [2.45, 2.75) is 38.8 Å². The number of nitrogens with zero attached hydrogens (tertiary/aromatic N) is 2. The largest absolute Gasteiger partial charge is 0.318 e. The van der Waals surface area contributed by atoms with Gasteiger partial charge in [-0.05, 0) is 19.9 Å². The molecule has 0 bridgehead atoms. The third-order valence-electron chi connectivity index (χ3n) is 4.08. The maximum absolute atomic E-state index is 4.24. The minimum absolute atomic E-state index is 0.652. The molecule has 0 radical (unpaired) electrons. The Balaban J connectivity index is 2.30. The van der Waals surface area contributed by atoms with Crippen molar-refractivity contribution in [3.8, 4) is 0 Å². The lowest BCUT2D eigenvalue weighted by atomic mass is 10.0. The highest BCUT2D eigenvalue weighted by molar-refractivity contribution is 5.12. The summed E-state index contributed by atoms with van der Waals surface area (Å²) in [6.45, 7) is 5.96. The average Bonchev–Trinajstić information content (AvgIpc) is 2.63. The molecule has 0 aromatic carbocycles. The summed E-state index contributed by atoms with van der Waals surface area (Å²) >= 11 is 0. The van der Waals surface area contributed by atoms with Crippen LogP contribution in [0, 0.1) is 0 Å². The summed E-state index contributed by atoms with van der Waals surface area (Å²) in [7, 11) is 2.38. The summed E-state index contributed by atoms with van der Waals surface area (Å²) in [5.74, 6) is 0. The maximum Gasteiger partial charge on any atom is 0.116 e. The zero-order chi connectivity index (χ0) is 10.9. The van der Waals surface area contributed by atoms with Crippen molar-refractivity contribution < 1.29 is 4.48 Å². The predicted octanol–water partition coefficient (Wildman–Crippen LogP) is 2.77. The lowest BCUT2D eigenvalue weighted by Gasteiger charge is -2.40. The van der Waals surface area contributed by atoms with Crippen LogP contribution in [0.2, 0.25) is 0 Å². The highest BCUT2D eigenvalue weighted by Gasteiger charge is 2.41. The Morgan fingerprint density at radius 1 is 1.47 bits per heavy atom. The number of hydrogen-bond acceptors (Lipinski definition) is 1. The van der Waals surface area contributed by atoms with E-state index in [9.17, 15) is 0 Å². The first-order chi connectivity index (χ1) is 7.14. The van der Waals surface area contributed by atoms with Gasteiger partial charge < -0.3 is 4.48 Å². The quantitative estimate of drug-likeness (QED) is 0.677. The molecule has 1 aromatic heterocycles. The van der Waals surface area contributed by atoms with Crippen LogP contribution in [0.4, 0.5) is 0 Å². The summed E-state index contributed by atoms with van der Waals surface area (Å²) in [5, 5.41) is 0. The van der Waals surface area contributed by atoms with Crippen molar-refractivity contribution in [3.63, 3.8) is 0 Å². The highest BCUT2D eigenvalue weighted by atomic mass is 15.4. The first-order valence-corrected chi connectivity index (χ1v) is 5.89. The van der Waals surface area contributed by atoms with Gasteiger partial charge in [0.2, 0.25) is 0 Å². The number of rotatable bonds is 2. The second-order valence-corrected chi connectivity index (χ2v) is 5.11. The van der Waals surface area contributed by atoms with Gasteiger partial charge in [0.25, 0.3) is 0 Å². The molecule has 2 nitrogen and oxygen atoms in total. The molecule has 1 aliphatic heterocycles. The lowest BCUT2D eigenvalue weighted by molar-refractivity contribution is -0.946. The van der Waals surface area contributed by atoms with Crippen LogP contribution in [0.15, 0.2) is 24.5 Å². The molecule has 1 fully saturated rings. The SMILES string of the molecule is CC(C)[N+]1(C)CCC[C@H]1c1cccnc1. The fourth-order valence-corrected chi connectivity index (χ4v) is 2.77. The van der Waals surface area contributed by atoms with Crippen molar-refractivity contribution >= 4 is 0 Å². The van der Waals surface area contributed by atoms with Gasteiger partial charge in [-0.25, -0.2) is 0 Å². The van der Waals surface area contributed by atoms with Gasteiger partial charge in [0, 0.05) is 30.8 Å². The molecule has 1 aromatic rings. The van der Waals surface area contributed by atoms with E-state index in [1.54, 1.807) is 0 Å². The van der Waals surface area contributed by atoms with E-state index in [1.165, 1.54) is 29.4 Å². The maximum atomic E-state index is 4.24. The summed E-state index contributed by atoms with van der Waals surface area (Å²) in [5.41, 5.74) is 1.41. The second kappa shape index (κ2) is 3.93. The number of hydrogen-bond donors (Lipinski definition) is 0. The van der Waals surface area contributed by atoms with Crippen LogP contribution in [0.3, 0.4) is 0 Å². The molecule has 0 saturated carbocycles. The molecule has 2 heteroatoms. The molecule has 15 heavy (non-hydrogen) atoms. The van der Waals surface area contributed by atoms with Crippen molar-refractivity contribution in [3.05, 3.63) is 30.1 Å². The third-order valence-corrected chi connectivity index (χ3v) is 4.08. The van der Waals surface area contributed by atoms with Crippen LogP contribution in [-0.2, 0) is 0 Å². The summed E-state index contributed by atoms with van der Waals surface area (Å²) in [6, 6.07) is 5.62.